The second kappa shape index (κ2) is 9.44. The predicted octanol–water partition coefficient (Wildman–Crippen LogP) is 12.0. The molecule has 0 atom stereocenters. The van der Waals surface area contributed by atoms with E-state index in [1.165, 1.54) is 0 Å². The molecule has 0 fully saturated rings. The van der Waals surface area contributed by atoms with Crippen LogP contribution < -0.4 is 0 Å². The van der Waals surface area contributed by atoms with Gasteiger partial charge in [-0.25, -0.2) is 0 Å². The summed E-state index contributed by atoms with van der Waals surface area (Å²) < 4.78 is 84.5. The van der Waals surface area contributed by atoms with Crippen LogP contribution in [0.4, 0.5) is 0 Å². The summed E-state index contributed by atoms with van der Waals surface area (Å²) >= 11 is 0. The van der Waals surface area contributed by atoms with Crippen LogP contribution in [0, 0.1) is 0 Å². The highest BCUT2D eigenvalue weighted by atomic mass is 16.3. The molecule has 1 heterocycles. The molecular weight excluding hydrogens is 520 g/mol. The molecule has 1 nitrogen and oxygen atoms in total. The number of rotatable bonds is 3. The molecule has 0 radical (unpaired) electrons. The molecule has 200 valence electrons. The van der Waals surface area contributed by atoms with Crippen molar-refractivity contribution in [3.8, 4) is 33.4 Å². The normalized spacial score (nSPS) is 14.7. The molecule has 1 heteroatoms. The van der Waals surface area contributed by atoms with Gasteiger partial charge in [-0.2, -0.15) is 0 Å². The largest absolute Gasteiger partial charge is 0.456 e. The van der Waals surface area contributed by atoms with Gasteiger partial charge in [0, 0.05) is 10.8 Å². The van der Waals surface area contributed by atoms with E-state index in [0.29, 0.717) is 16.3 Å². The highest BCUT2D eigenvalue weighted by Gasteiger charge is 2.18. The lowest BCUT2D eigenvalue weighted by Gasteiger charge is -2.18. The molecule has 0 bridgehead atoms. The lowest BCUT2D eigenvalue weighted by Crippen LogP contribution is -1.91. The van der Waals surface area contributed by atoms with E-state index in [1.54, 1.807) is 0 Å². The third-order valence-electron chi connectivity index (χ3n) is 8.18. The van der Waals surface area contributed by atoms with E-state index in [4.69, 9.17) is 15.4 Å². The SMILES string of the molecule is [2H]c1c([2H])c([2H])c(-c2c([2H])c([2H])c([2H])c(-c3c4ccccc4c(-c4ccc5oc6cc7ccccc7cc6c5c4)c4ccccc34)c2[2H])c([2H])c1[2H]. The van der Waals surface area contributed by atoms with Gasteiger partial charge in [-0.05, 0) is 96.0 Å². The number of furan rings is 1. The van der Waals surface area contributed by atoms with Crippen LogP contribution in [0.25, 0.3) is 87.6 Å². The van der Waals surface area contributed by atoms with Gasteiger partial charge in [0.1, 0.15) is 11.2 Å². The number of hydrogen-bond acceptors (Lipinski definition) is 1. The van der Waals surface area contributed by atoms with Crippen LogP contribution in [0.3, 0.4) is 0 Å². The second-order valence-corrected chi connectivity index (χ2v) is 10.6. The zero-order chi connectivity index (χ0) is 36.2. The summed E-state index contributed by atoms with van der Waals surface area (Å²) in [5.41, 5.74) is 3.33. The first-order valence-electron chi connectivity index (χ1n) is 18.5. The molecule has 0 saturated carbocycles. The molecule has 43 heavy (non-hydrogen) atoms. The summed E-state index contributed by atoms with van der Waals surface area (Å²) in [6.45, 7) is 0. The topological polar surface area (TPSA) is 13.1 Å². The Bertz CT molecular complexity index is 2930. The summed E-state index contributed by atoms with van der Waals surface area (Å²) in [6, 6.07) is 29.1. The summed E-state index contributed by atoms with van der Waals surface area (Å²) in [6.07, 6.45) is 0. The Morgan fingerprint density at radius 3 is 1.65 bits per heavy atom. The minimum atomic E-state index is -0.603. The fourth-order valence-corrected chi connectivity index (χ4v) is 6.30. The van der Waals surface area contributed by atoms with E-state index in [9.17, 15) is 1.37 Å². The summed E-state index contributed by atoms with van der Waals surface area (Å²) in [5, 5.41) is 7.22. The molecule has 0 spiro atoms. The molecule has 0 aliphatic heterocycles. The first kappa shape index (κ1) is 16.7. The molecule has 0 saturated heterocycles. The smallest absolute Gasteiger partial charge is 0.136 e. The van der Waals surface area contributed by atoms with Crippen molar-refractivity contribution in [3.63, 3.8) is 0 Å². The number of hydrogen-bond donors (Lipinski definition) is 0. The van der Waals surface area contributed by atoms with Crippen LogP contribution >= 0.6 is 0 Å². The van der Waals surface area contributed by atoms with Crippen LogP contribution in [0.5, 0.6) is 0 Å². The van der Waals surface area contributed by atoms with Gasteiger partial charge < -0.3 is 4.42 Å². The summed E-state index contributed by atoms with van der Waals surface area (Å²) in [4.78, 5) is 0. The van der Waals surface area contributed by atoms with Crippen LogP contribution in [0.1, 0.15) is 12.3 Å². The molecule has 8 aromatic carbocycles. The maximum absolute atomic E-state index is 9.49. The zero-order valence-electron chi connectivity index (χ0n) is 31.7. The van der Waals surface area contributed by atoms with Gasteiger partial charge >= 0.3 is 0 Å². The van der Waals surface area contributed by atoms with Crippen molar-refractivity contribution in [1.29, 1.82) is 0 Å². The maximum Gasteiger partial charge on any atom is 0.136 e. The van der Waals surface area contributed by atoms with Crippen molar-refractivity contribution in [2.75, 3.05) is 0 Å². The average molecular weight is 556 g/mol. The van der Waals surface area contributed by atoms with Crippen LogP contribution in [0.15, 0.2) is 162 Å². The summed E-state index contributed by atoms with van der Waals surface area (Å²) in [5.74, 6) is 0. The average Bonchev–Trinajstić information content (AvgIpc) is 3.52. The Labute approximate surface area is 261 Å². The highest BCUT2D eigenvalue weighted by molar-refractivity contribution is 6.22. The Kier molecular flexibility index (Phi) is 3.67. The first-order valence-corrected chi connectivity index (χ1v) is 14.0. The van der Waals surface area contributed by atoms with E-state index in [-0.39, 0.29) is 28.8 Å². The van der Waals surface area contributed by atoms with Crippen LogP contribution in [0.2, 0.25) is 0 Å². The lowest BCUT2D eigenvalue weighted by atomic mass is 9.85. The van der Waals surface area contributed by atoms with E-state index >= 15 is 0 Å². The quantitative estimate of drug-likeness (QED) is 0.198. The fraction of sp³-hybridized carbons (Fsp3) is 0. The van der Waals surface area contributed by atoms with Crippen molar-refractivity contribution >= 4 is 54.3 Å². The standard InChI is InChI=1S/C42H26O/c1-2-11-27(12-3-1)28-15-10-16-31(23-28)41-33-17-6-8-19-35(33)42(36-20-9-7-18-34(36)41)32-21-22-39-37(25-32)38-24-29-13-4-5-14-30(29)26-40(38)43-39/h1-26H/i1D,2D,3D,10D,11D,12D,15D,16D,23D. The van der Waals surface area contributed by atoms with Crippen molar-refractivity contribution in [3.05, 3.63) is 158 Å². The van der Waals surface area contributed by atoms with Crippen LogP contribution in [-0.2, 0) is 0 Å². The third-order valence-corrected chi connectivity index (χ3v) is 8.18. The van der Waals surface area contributed by atoms with Gasteiger partial charge in [-0.1, -0.05) is 127 Å². The monoisotopic (exact) mass is 555 g/mol. The van der Waals surface area contributed by atoms with Crippen molar-refractivity contribution in [1.82, 2.24) is 0 Å². The van der Waals surface area contributed by atoms with Gasteiger partial charge in [0.25, 0.3) is 0 Å². The Morgan fingerprint density at radius 2 is 0.953 bits per heavy atom. The van der Waals surface area contributed by atoms with E-state index in [1.807, 2.05) is 72.8 Å². The zero-order valence-corrected chi connectivity index (χ0v) is 22.7. The molecular formula is C42H26O. The Morgan fingerprint density at radius 1 is 0.395 bits per heavy atom. The fourth-order valence-electron chi connectivity index (χ4n) is 6.30. The third kappa shape index (κ3) is 3.79. The first-order chi connectivity index (χ1) is 25.1. The van der Waals surface area contributed by atoms with Crippen molar-refractivity contribution < 1.29 is 16.8 Å². The maximum atomic E-state index is 9.49. The van der Waals surface area contributed by atoms with Gasteiger partial charge in [-0.15, -0.1) is 0 Å². The second-order valence-electron chi connectivity index (χ2n) is 10.6. The molecule has 0 unspecified atom stereocenters. The van der Waals surface area contributed by atoms with Crippen molar-refractivity contribution in [2.24, 2.45) is 0 Å². The minimum absolute atomic E-state index is 0.0462. The van der Waals surface area contributed by atoms with Gasteiger partial charge in [0.2, 0.25) is 0 Å². The van der Waals surface area contributed by atoms with Gasteiger partial charge in [-0.3, -0.25) is 0 Å². The Balaban J connectivity index is 1.37. The van der Waals surface area contributed by atoms with E-state index < -0.39 is 42.3 Å². The van der Waals surface area contributed by atoms with Crippen LogP contribution in [-0.4, -0.2) is 0 Å². The van der Waals surface area contributed by atoms with Gasteiger partial charge in [0.05, 0.1) is 12.3 Å². The number of benzene rings is 8. The molecule has 0 aliphatic rings. The Hall–Kier alpha value is -5.66. The molecule has 9 aromatic rings. The van der Waals surface area contributed by atoms with E-state index in [0.717, 1.165) is 54.6 Å². The predicted molar refractivity (Wildman–Crippen MR) is 183 cm³/mol. The summed E-state index contributed by atoms with van der Waals surface area (Å²) in [7, 11) is 0. The van der Waals surface area contributed by atoms with E-state index in [2.05, 4.69) is 30.3 Å². The molecule has 0 amide bonds. The number of fused-ring (bicyclic) bond motifs is 6. The highest BCUT2D eigenvalue weighted by Crippen LogP contribution is 2.45. The molecule has 9 rings (SSSR count). The van der Waals surface area contributed by atoms with Crippen molar-refractivity contribution in [2.45, 2.75) is 0 Å². The molecule has 0 N–H and O–H groups in total. The lowest BCUT2D eigenvalue weighted by molar-refractivity contribution is 0.669. The molecule has 0 aliphatic carbocycles. The van der Waals surface area contributed by atoms with Gasteiger partial charge in [0.15, 0.2) is 0 Å². The minimum Gasteiger partial charge on any atom is -0.456 e. The molecule has 1 aromatic heterocycles.